The van der Waals surface area contributed by atoms with Gasteiger partial charge in [-0.3, -0.25) is 0 Å². The van der Waals surface area contributed by atoms with Gasteiger partial charge in [-0.05, 0) is 30.3 Å². The van der Waals surface area contributed by atoms with Crippen LogP contribution in [-0.4, -0.2) is 5.97 Å². The van der Waals surface area contributed by atoms with E-state index in [1.165, 1.54) is 0 Å². The maximum atomic E-state index is 12.2. The van der Waals surface area contributed by atoms with Crippen LogP contribution < -0.4 is 4.74 Å². The molecule has 3 rings (SSSR count). The maximum Gasteiger partial charge on any atom is 0.343 e. The van der Waals surface area contributed by atoms with E-state index < -0.39 is 5.97 Å². The normalized spacial score (nSPS) is 10.6. The highest BCUT2D eigenvalue weighted by Crippen LogP contribution is 2.31. The van der Waals surface area contributed by atoms with Gasteiger partial charge in [-0.1, -0.05) is 53.5 Å². The minimum absolute atomic E-state index is 0.404. The summed E-state index contributed by atoms with van der Waals surface area (Å²) in [6, 6.07) is 17.5. The van der Waals surface area contributed by atoms with Gasteiger partial charge in [-0.15, -0.1) is 0 Å². The number of benzene rings is 3. The van der Waals surface area contributed by atoms with Crippen LogP contribution in [0.1, 0.15) is 10.4 Å². The summed E-state index contributed by atoms with van der Waals surface area (Å²) in [7, 11) is 0. The number of ether oxygens (including phenoxy) is 1. The Bertz CT molecular complexity index is 828. The summed E-state index contributed by atoms with van der Waals surface area (Å²) in [4.78, 5) is 12.2. The Hall–Kier alpha value is -2.03. The van der Waals surface area contributed by atoms with E-state index in [0.29, 0.717) is 21.4 Å². The van der Waals surface area contributed by atoms with Crippen molar-refractivity contribution in [2.45, 2.75) is 0 Å². The first-order chi connectivity index (χ1) is 10.1. The average Bonchev–Trinajstić information content (AvgIpc) is 2.50. The number of carbonyl (C=O) groups is 1. The van der Waals surface area contributed by atoms with Gasteiger partial charge in [0.1, 0.15) is 5.75 Å². The van der Waals surface area contributed by atoms with Crippen LogP contribution in [0, 0.1) is 0 Å². The lowest BCUT2D eigenvalue weighted by Crippen LogP contribution is -2.08. The van der Waals surface area contributed by atoms with Crippen molar-refractivity contribution in [3.05, 3.63) is 76.3 Å². The first-order valence-electron chi connectivity index (χ1n) is 6.30. The first kappa shape index (κ1) is 13.9. The molecule has 0 spiro atoms. The fourth-order valence-electron chi connectivity index (χ4n) is 2.10. The van der Waals surface area contributed by atoms with Gasteiger partial charge < -0.3 is 4.74 Å². The average molecular weight is 317 g/mol. The fourth-order valence-corrected chi connectivity index (χ4v) is 2.52. The maximum absolute atomic E-state index is 12.2. The van der Waals surface area contributed by atoms with Crippen molar-refractivity contribution in [1.82, 2.24) is 0 Å². The molecule has 3 aromatic rings. The lowest BCUT2D eigenvalue weighted by molar-refractivity contribution is 0.0737. The summed E-state index contributed by atoms with van der Waals surface area (Å²) < 4.78 is 5.47. The number of hydrogen-bond donors (Lipinski definition) is 0. The largest absolute Gasteiger partial charge is 0.422 e. The van der Waals surface area contributed by atoms with Crippen molar-refractivity contribution in [3.8, 4) is 5.75 Å². The fraction of sp³-hybridized carbons (Fsp3) is 0. The number of rotatable bonds is 2. The Kier molecular flexibility index (Phi) is 3.82. The second-order valence-electron chi connectivity index (χ2n) is 4.49. The molecule has 0 radical (unpaired) electrons. The predicted molar refractivity (Wildman–Crippen MR) is 85.4 cm³/mol. The molecule has 0 aliphatic rings. The van der Waals surface area contributed by atoms with Crippen molar-refractivity contribution in [2.75, 3.05) is 0 Å². The molecular formula is C17H10Cl2O2. The predicted octanol–water partition coefficient (Wildman–Crippen LogP) is 5.37. The van der Waals surface area contributed by atoms with Gasteiger partial charge in [-0.2, -0.15) is 0 Å². The highest BCUT2D eigenvalue weighted by atomic mass is 35.5. The van der Waals surface area contributed by atoms with Crippen LogP contribution in [0.15, 0.2) is 60.7 Å². The number of fused-ring (bicyclic) bond motifs is 1. The molecule has 0 unspecified atom stereocenters. The molecule has 0 atom stereocenters. The second-order valence-corrected chi connectivity index (χ2v) is 5.33. The lowest BCUT2D eigenvalue weighted by atomic mass is 10.1. The molecule has 0 amide bonds. The van der Waals surface area contributed by atoms with E-state index in [1.54, 1.807) is 36.4 Å². The van der Waals surface area contributed by atoms with Crippen LogP contribution in [0.5, 0.6) is 5.75 Å². The minimum Gasteiger partial charge on any atom is -0.422 e. The standard InChI is InChI=1S/C17H10Cl2O2/c18-12-5-3-4-11(10-12)17(20)21-16-9-8-15(19)13-6-1-2-7-14(13)16/h1-10H. The van der Waals surface area contributed by atoms with Crippen molar-refractivity contribution >= 4 is 39.9 Å². The van der Waals surface area contributed by atoms with E-state index in [1.807, 2.05) is 24.3 Å². The van der Waals surface area contributed by atoms with E-state index >= 15 is 0 Å². The monoisotopic (exact) mass is 316 g/mol. The molecule has 0 bridgehead atoms. The number of hydrogen-bond acceptors (Lipinski definition) is 2. The zero-order valence-electron chi connectivity index (χ0n) is 10.8. The molecule has 0 aliphatic carbocycles. The first-order valence-corrected chi connectivity index (χ1v) is 7.06. The van der Waals surface area contributed by atoms with E-state index in [-0.39, 0.29) is 0 Å². The summed E-state index contributed by atoms with van der Waals surface area (Å²) in [6.07, 6.45) is 0. The summed E-state index contributed by atoms with van der Waals surface area (Å²) in [5.74, 6) is 0.0185. The van der Waals surface area contributed by atoms with Gasteiger partial charge in [0.05, 0.1) is 5.56 Å². The molecule has 0 N–H and O–H groups in total. The van der Waals surface area contributed by atoms with Gasteiger partial charge >= 0.3 is 5.97 Å². The number of esters is 1. The zero-order valence-corrected chi connectivity index (χ0v) is 12.4. The van der Waals surface area contributed by atoms with E-state index in [0.717, 1.165) is 10.8 Å². The Morgan fingerprint density at radius 3 is 2.38 bits per heavy atom. The summed E-state index contributed by atoms with van der Waals surface area (Å²) in [6.45, 7) is 0. The van der Waals surface area contributed by atoms with Crippen LogP contribution in [0.3, 0.4) is 0 Å². The topological polar surface area (TPSA) is 26.3 Å². The summed E-state index contributed by atoms with van der Waals surface area (Å²) >= 11 is 12.0. The van der Waals surface area contributed by atoms with Crippen LogP contribution in [0.2, 0.25) is 10.0 Å². The Morgan fingerprint density at radius 1 is 0.857 bits per heavy atom. The van der Waals surface area contributed by atoms with Crippen LogP contribution in [0.4, 0.5) is 0 Å². The molecule has 4 heteroatoms. The third-order valence-corrected chi connectivity index (χ3v) is 3.66. The highest BCUT2D eigenvalue weighted by molar-refractivity contribution is 6.35. The van der Waals surface area contributed by atoms with Gasteiger partial charge in [0.25, 0.3) is 0 Å². The van der Waals surface area contributed by atoms with Crippen molar-refractivity contribution in [3.63, 3.8) is 0 Å². The molecule has 0 fully saturated rings. The Labute approximate surface area is 131 Å². The van der Waals surface area contributed by atoms with Crippen molar-refractivity contribution < 1.29 is 9.53 Å². The number of halogens is 2. The van der Waals surface area contributed by atoms with Crippen molar-refractivity contribution in [2.24, 2.45) is 0 Å². The van der Waals surface area contributed by atoms with Gasteiger partial charge in [0, 0.05) is 20.8 Å². The van der Waals surface area contributed by atoms with Gasteiger partial charge in [-0.25, -0.2) is 4.79 Å². The van der Waals surface area contributed by atoms with Gasteiger partial charge in [0.15, 0.2) is 0 Å². The third kappa shape index (κ3) is 2.87. The SMILES string of the molecule is O=C(Oc1ccc(Cl)c2ccccc12)c1cccc(Cl)c1. The van der Waals surface area contributed by atoms with Crippen LogP contribution >= 0.6 is 23.2 Å². The summed E-state index contributed by atoms with van der Waals surface area (Å²) in [5.41, 5.74) is 0.404. The van der Waals surface area contributed by atoms with E-state index in [2.05, 4.69) is 0 Å². The number of carbonyl (C=O) groups excluding carboxylic acids is 1. The molecule has 21 heavy (non-hydrogen) atoms. The van der Waals surface area contributed by atoms with Gasteiger partial charge in [0.2, 0.25) is 0 Å². The molecule has 0 saturated heterocycles. The molecule has 104 valence electrons. The Balaban J connectivity index is 1.99. The minimum atomic E-state index is -0.454. The van der Waals surface area contributed by atoms with E-state index in [9.17, 15) is 4.79 Å². The van der Waals surface area contributed by atoms with Crippen LogP contribution in [-0.2, 0) is 0 Å². The quantitative estimate of drug-likeness (QED) is 0.469. The highest BCUT2D eigenvalue weighted by Gasteiger charge is 2.12. The second kappa shape index (κ2) is 5.76. The molecule has 0 saturated carbocycles. The molecule has 0 aromatic heterocycles. The molecular weight excluding hydrogens is 307 g/mol. The zero-order chi connectivity index (χ0) is 14.8. The van der Waals surface area contributed by atoms with E-state index in [4.69, 9.17) is 27.9 Å². The Morgan fingerprint density at radius 2 is 1.62 bits per heavy atom. The van der Waals surface area contributed by atoms with Crippen LogP contribution in [0.25, 0.3) is 10.8 Å². The molecule has 0 aliphatic heterocycles. The summed E-state index contributed by atoms with van der Waals surface area (Å²) in [5, 5.41) is 2.74. The third-order valence-electron chi connectivity index (χ3n) is 3.09. The lowest BCUT2D eigenvalue weighted by Gasteiger charge is -2.09. The molecule has 2 nitrogen and oxygen atoms in total. The van der Waals surface area contributed by atoms with Crippen molar-refractivity contribution in [1.29, 1.82) is 0 Å². The molecule has 3 aromatic carbocycles. The smallest absolute Gasteiger partial charge is 0.343 e. The molecule has 0 heterocycles.